The van der Waals surface area contributed by atoms with Gasteiger partial charge in [0, 0.05) is 6.08 Å². The van der Waals surface area contributed by atoms with Gasteiger partial charge in [-0.3, -0.25) is 0 Å². The van der Waals surface area contributed by atoms with Gasteiger partial charge in [0.1, 0.15) is 17.2 Å². The molecule has 0 unspecified atom stereocenters. The summed E-state index contributed by atoms with van der Waals surface area (Å²) in [6.45, 7) is 4.14. The number of benzene rings is 2. The van der Waals surface area contributed by atoms with E-state index in [2.05, 4.69) is 11.7 Å². The first kappa shape index (κ1) is 21.7. The summed E-state index contributed by atoms with van der Waals surface area (Å²) >= 11 is 0. The molecule has 1 saturated heterocycles. The zero-order valence-corrected chi connectivity index (χ0v) is 16.3. The minimum atomic E-state index is -4.77. The van der Waals surface area contributed by atoms with Gasteiger partial charge >= 0.3 is 12.3 Å². The minimum Gasteiger partial charge on any atom is -0.493 e. The van der Waals surface area contributed by atoms with Crippen LogP contribution >= 0.6 is 0 Å². The van der Waals surface area contributed by atoms with Crippen molar-refractivity contribution in [3.63, 3.8) is 0 Å². The molecule has 5 nitrogen and oxygen atoms in total. The molecule has 0 spiro atoms. The van der Waals surface area contributed by atoms with E-state index in [4.69, 9.17) is 14.2 Å². The Labute approximate surface area is 172 Å². The van der Waals surface area contributed by atoms with Crippen LogP contribution < -0.4 is 14.2 Å². The summed E-state index contributed by atoms with van der Waals surface area (Å²) < 4.78 is 56.3. The Hall–Kier alpha value is -3.00. The number of alkyl halides is 3. The average molecular weight is 422 g/mol. The molecule has 8 heteroatoms. The number of halogens is 3. The first-order chi connectivity index (χ1) is 14.3. The lowest BCUT2D eigenvalue weighted by Gasteiger charge is -2.40. The van der Waals surface area contributed by atoms with Gasteiger partial charge in [0.2, 0.25) is 0 Å². The van der Waals surface area contributed by atoms with Crippen LogP contribution in [0.2, 0.25) is 0 Å². The van der Waals surface area contributed by atoms with E-state index < -0.39 is 18.1 Å². The molecule has 1 aliphatic rings. The van der Waals surface area contributed by atoms with Gasteiger partial charge in [0.15, 0.2) is 0 Å². The van der Waals surface area contributed by atoms with Crippen molar-refractivity contribution >= 4 is 12.0 Å². The van der Waals surface area contributed by atoms with Gasteiger partial charge in [-0.25, -0.2) is 4.79 Å². The lowest BCUT2D eigenvalue weighted by Crippen LogP contribution is -2.46. The quantitative estimate of drug-likeness (QED) is 0.340. The van der Waals surface area contributed by atoms with Crippen LogP contribution in [0.3, 0.4) is 0 Å². The van der Waals surface area contributed by atoms with Gasteiger partial charge in [-0.1, -0.05) is 19.1 Å². The van der Waals surface area contributed by atoms with Gasteiger partial charge in [0.05, 0.1) is 25.2 Å². The second kappa shape index (κ2) is 9.21. The molecule has 0 amide bonds. The summed E-state index contributed by atoms with van der Waals surface area (Å²) in [4.78, 5) is 11.9. The van der Waals surface area contributed by atoms with Crippen molar-refractivity contribution < 1.29 is 36.9 Å². The molecule has 2 aromatic rings. The van der Waals surface area contributed by atoms with Gasteiger partial charge in [-0.05, 0) is 54.5 Å². The van der Waals surface area contributed by atoms with Crippen LogP contribution in [0, 0.1) is 5.41 Å². The van der Waals surface area contributed by atoms with Crippen molar-refractivity contribution in [3.8, 4) is 17.2 Å². The molecule has 1 aliphatic heterocycles. The maximum absolute atomic E-state index is 12.1. The Morgan fingerprint density at radius 3 is 2.17 bits per heavy atom. The first-order valence-corrected chi connectivity index (χ1v) is 9.33. The Kier molecular flexibility index (Phi) is 6.66. The fourth-order valence-corrected chi connectivity index (χ4v) is 2.72. The van der Waals surface area contributed by atoms with Gasteiger partial charge < -0.3 is 18.9 Å². The molecular formula is C22H21F3O5. The predicted molar refractivity (Wildman–Crippen MR) is 103 cm³/mol. The normalized spacial score (nSPS) is 15.5. The lowest BCUT2D eigenvalue weighted by atomic mass is 9.84. The third-order valence-electron chi connectivity index (χ3n) is 4.68. The van der Waals surface area contributed by atoms with Crippen LogP contribution in [0.1, 0.15) is 18.9 Å². The molecule has 1 fully saturated rings. The summed E-state index contributed by atoms with van der Waals surface area (Å²) in [5, 5.41) is 0. The third-order valence-corrected chi connectivity index (χ3v) is 4.68. The molecule has 0 aliphatic carbocycles. The van der Waals surface area contributed by atoms with Crippen molar-refractivity contribution in [3.05, 3.63) is 60.2 Å². The first-order valence-electron chi connectivity index (χ1n) is 9.33. The number of hydrogen-bond acceptors (Lipinski definition) is 5. The van der Waals surface area contributed by atoms with E-state index in [1.807, 2.05) is 12.1 Å². The van der Waals surface area contributed by atoms with E-state index in [0.717, 1.165) is 29.9 Å². The monoisotopic (exact) mass is 422 g/mol. The summed E-state index contributed by atoms with van der Waals surface area (Å²) in [5.41, 5.74) is 0.866. The summed E-state index contributed by atoms with van der Waals surface area (Å²) in [6.07, 6.45) is -0.979. The Morgan fingerprint density at radius 1 is 1.03 bits per heavy atom. The third kappa shape index (κ3) is 6.25. The van der Waals surface area contributed by atoms with Crippen molar-refractivity contribution in [2.24, 2.45) is 5.41 Å². The summed E-state index contributed by atoms with van der Waals surface area (Å²) in [7, 11) is 0. The van der Waals surface area contributed by atoms with Crippen molar-refractivity contribution in [1.82, 2.24) is 0 Å². The van der Waals surface area contributed by atoms with Crippen molar-refractivity contribution in [2.75, 3.05) is 19.8 Å². The highest BCUT2D eigenvalue weighted by molar-refractivity contribution is 5.88. The fraction of sp³-hybridized carbons (Fsp3) is 0.318. The topological polar surface area (TPSA) is 54.0 Å². The van der Waals surface area contributed by atoms with Crippen LogP contribution in [0.5, 0.6) is 17.2 Å². The largest absolute Gasteiger partial charge is 0.573 e. The number of hydrogen-bond donors (Lipinski definition) is 0. The Morgan fingerprint density at radius 2 is 1.63 bits per heavy atom. The number of esters is 1. The number of carbonyl (C=O) groups excluding carboxylic acids is 1. The molecule has 0 atom stereocenters. The highest BCUT2D eigenvalue weighted by Crippen LogP contribution is 2.32. The summed E-state index contributed by atoms with van der Waals surface area (Å²) in [5.74, 6) is -0.215. The van der Waals surface area contributed by atoms with Crippen LogP contribution in [0.15, 0.2) is 54.6 Å². The van der Waals surface area contributed by atoms with Crippen LogP contribution in [-0.4, -0.2) is 32.2 Å². The lowest BCUT2D eigenvalue weighted by molar-refractivity contribution is -0.274. The van der Waals surface area contributed by atoms with Crippen molar-refractivity contribution in [1.29, 1.82) is 0 Å². The summed E-state index contributed by atoms with van der Waals surface area (Å²) in [6, 6.07) is 11.8. The molecule has 0 radical (unpaired) electrons. The molecular weight excluding hydrogens is 401 g/mol. The van der Waals surface area contributed by atoms with E-state index in [1.165, 1.54) is 18.2 Å². The fourth-order valence-electron chi connectivity index (χ4n) is 2.72. The zero-order chi connectivity index (χ0) is 21.6. The van der Waals surface area contributed by atoms with E-state index in [-0.39, 0.29) is 11.2 Å². The second-order valence-electron chi connectivity index (χ2n) is 6.98. The molecule has 0 aromatic heterocycles. The smallest absolute Gasteiger partial charge is 0.493 e. The molecule has 0 bridgehead atoms. The second-order valence-corrected chi connectivity index (χ2v) is 6.98. The molecule has 30 heavy (non-hydrogen) atoms. The molecule has 2 aromatic carbocycles. The number of rotatable bonds is 8. The predicted octanol–water partition coefficient (Wildman–Crippen LogP) is 5.01. The average Bonchev–Trinajstić information content (AvgIpc) is 2.67. The molecule has 1 heterocycles. The molecule has 0 saturated carbocycles. The van der Waals surface area contributed by atoms with Gasteiger partial charge in [0.25, 0.3) is 0 Å². The van der Waals surface area contributed by atoms with Crippen LogP contribution in [0.25, 0.3) is 6.08 Å². The van der Waals surface area contributed by atoms with E-state index in [1.54, 1.807) is 18.2 Å². The molecule has 0 N–H and O–H groups in total. The van der Waals surface area contributed by atoms with Crippen LogP contribution in [0.4, 0.5) is 13.2 Å². The minimum absolute atomic E-state index is 0.0966. The van der Waals surface area contributed by atoms with Crippen molar-refractivity contribution in [2.45, 2.75) is 19.7 Å². The zero-order valence-electron chi connectivity index (χ0n) is 16.3. The number of carbonyl (C=O) groups is 1. The van der Waals surface area contributed by atoms with Gasteiger partial charge in [-0.2, -0.15) is 0 Å². The Bertz CT molecular complexity index is 864. The van der Waals surface area contributed by atoms with E-state index in [9.17, 15) is 18.0 Å². The number of ether oxygens (including phenoxy) is 4. The standard InChI is InChI=1S/C22H21F3O5/c1-2-21(13-27-14-21)15-28-17-6-3-16(4-7-17)5-12-20(26)29-18-8-10-19(11-9-18)30-22(23,24)25/h3-12H,2,13-15H2,1H3. The molecule has 160 valence electrons. The van der Waals surface area contributed by atoms with E-state index >= 15 is 0 Å². The molecule has 3 rings (SSSR count). The van der Waals surface area contributed by atoms with E-state index in [0.29, 0.717) is 19.8 Å². The maximum atomic E-state index is 12.1. The SMILES string of the molecule is CCC1(COc2ccc(C=CC(=O)Oc3ccc(OC(F)(F)F)cc3)cc2)COC1. The van der Waals surface area contributed by atoms with Crippen LogP contribution in [-0.2, 0) is 9.53 Å². The van der Waals surface area contributed by atoms with Gasteiger partial charge in [-0.15, -0.1) is 13.2 Å². The highest BCUT2D eigenvalue weighted by Gasteiger charge is 2.37. The Balaban J connectivity index is 1.48. The maximum Gasteiger partial charge on any atom is 0.573 e. The highest BCUT2D eigenvalue weighted by atomic mass is 19.4.